The minimum absolute atomic E-state index is 0.103. The van der Waals surface area contributed by atoms with Crippen LogP contribution >= 0.6 is 0 Å². The van der Waals surface area contributed by atoms with Crippen molar-refractivity contribution >= 4 is 5.91 Å². The lowest BCUT2D eigenvalue weighted by Crippen LogP contribution is -2.48. The standard InChI is InChI=1S/C15H24N4O/c1-13(16)4-5-15(20)19-9-7-18(8-10-19)12-14-3-2-6-17-11-14/h2-3,6,11,13H,4-5,7-10,12,16H2,1H3. The molecule has 0 bridgehead atoms. The molecule has 1 unspecified atom stereocenters. The zero-order valence-electron chi connectivity index (χ0n) is 12.2. The predicted molar refractivity (Wildman–Crippen MR) is 79.0 cm³/mol. The molecule has 0 aliphatic carbocycles. The third-order valence-corrected chi connectivity index (χ3v) is 3.67. The van der Waals surface area contributed by atoms with E-state index in [2.05, 4.69) is 16.0 Å². The van der Waals surface area contributed by atoms with Gasteiger partial charge in [-0.2, -0.15) is 0 Å². The number of nitrogens with two attached hydrogens (primary N) is 1. The molecule has 1 aliphatic heterocycles. The lowest BCUT2D eigenvalue weighted by molar-refractivity contribution is -0.133. The van der Waals surface area contributed by atoms with Crippen molar-refractivity contribution in [3.05, 3.63) is 30.1 Å². The van der Waals surface area contributed by atoms with Gasteiger partial charge in [0.1, 0.15) is 0 Å². The third-order valence-electron chi connectivity index (χ3n) is 3.67. The fourth-order valence-corrected chi connectivity index (χ4v) is 2.41. The van der Waals surface area contributed by atoms with E-state index in [1.807, 2.05) is 24.1 Å². The second-order valence-corrected chi connectivity index (χ2v) is 5.53. The van der Waals surface area contributed by atoms with Crippen molar-refractivity contribution in [2.24, 2.45) is 5.73 Å². The number of rotatable bonds is 5. The van der Waals surface area contributed by atoms with E-state index >= 15 is 0 Å². The van der Waals surface area contributed by atoms with Crippen molar-refractivity contribution in [2.45, 2.75) is 32.4 Å². The maximum absolute atomic E-state index is 12.0. The Morgan fingerprint density at radius 3 is 2.75 bits per heavy atom. The van der Waals surface area contributed by atoms with E-state index in [-0.39, 0.29) is 11.9 Å². The Labute approximate surface area is 120 Å². The fourth-order valence-electron chi connectivity index (χ4n) is 2.41. The van der Waals surface area contributed by atoms with Gasteiger partial charge in [-0.25, -0.2) is 0 Å². The highest BCUT2D eigenvalue weighted by Gasteiger charge is 2.20. The second-order valence-electron chi connectivity index (χ2n) is 5.53. The number of pyridine rings is 1. The smallest absolute Gasteiger partial charge is 0.222 e. The first-order chi connectivity index (χ1) is 9.65. The number of hydrogen-bond donors (Lipinski definition) is 1. The monoisotopic (exact) mass is 276 g/mol. The molecule has 1 fully saturated rings. The second kappa shape index (κ2) is 7.36. The van der Waals surface area contributed by atoms with Gasteiger partial charge in [-0.05, 0) is 25.0 Å². The summed E-state index contributed by atoms with van der Waals surface area (Å²) >= 11 is 0. The van der Waals surface area contributed by atoms with Crippen LogP contribution in [0.25, 0.3) is 0 Å². The number of carbonyl (C=O) groups excluding carboxylic acids is 1. The molecular formula is C15H24N4O. The van der Waals surface area contributed by atoms with Crippen molar-refractivity contribution in [1.29, 1.82) is 0 Å². The Bertz CT molecular complexity index is 413. The van der Waals surface area contributed by atoms with Gasteiger partial charge in [0.05, 0.1) is 0 Å². The first kappa shape index (κ1) is 14.9. The van der Waals surface area contributed by atoms with E-state index in [0.717, 1.165) is 39.1 Å². The van der Waals surface area contributed by atoms with Crippen LogP contribution in [0.3, 0.4) is 0 Å². The van der Waals surface area contributed by atoms with Crippen LogP contribution in [0.2, 0.25) is 0 Å². The molecule has 1 amide bonds. The summed E-state index contributed by atoms with van der Waals surface area (Å²) in [6, 6.07) is 4.15. The molecule has 0 aromatic carbocycles. The summed E-state index contributed by atoms with van der Waals surface area (Å²) in [6.45, 7) is 6.35. The Morgan fingerprint density at radius 1 is 1.40 bits per heavy atom. The van der Waals surface area contributed by atoms with E-state index in [1.54, 1.807) is 6.20 Å². The molecule has 2 rings (SSSR count). The molecule has 1 aliphatic rings. The Hall–Kier alpha value is -1.46. The molecule has 0 saturated carbocycles. The lowest BCUT2D eigenvalue weighted by atomic mass is 10.1. The molecule has 2 N–H and O–H groups in total. The number of piperazine rings is 1. The zero-order valence-corrected chi connectivity index (χ0v) is 12.2. The van der Waals surface area contributed by atoms with Crippen molar-refractivity contribution < 1.29 is 4.79 Å². The molecule has 2 heterocycles. The molecule has 0 radical (unpaired) electrons. The lowest BCUT2D eigenvalue weighted by Gasteiger charge is -2.34. The maximum atomic E-state index is 12.0. The quantitative estimate of drug-likeness (QED) is 0.866. The zero-order chi connectivity index (χ0) is 14.4. The van der Waals surface area contributed by atoms with E-state index in [9.17, 15) is 4.79 Å². The van der Waals surface area contributed by atoms with Gasteiger partial charge in [-0.3, -0.25) is 14.7 Å². The van der Waals surface area contributed by atoms with Crippen LogP contribution in [-0.4, -0.2) is 52.9 Å². The van der Waals surface area contributed by atoms with Crippen LogP contribution in [-0.2, 0) is 11.3 Å². The SMILES string of the molecule is CC(N)CCC(=O)N1CCN(Cc2cccnc2)CC1. The normalized spacial score (nSPS) is 18.0. The average Bonchev–Trinajstić information content (AvgIpc) is 2.46. The minimum Gasteiger partial charge on any atom is -0.340 e. The summed E-state index contributed by atoms with van der Waals surface area (Å²) in [5, 5.41) is 0. The maximum Gasteiger partial charge on any atom is 0.222 e. The van der Waals surface area contributed by atoms with Crippen LogP contribution in [0, 0.1) is 0 Å². The summed E-state index contributed by atoms with van der Waals surface area (Å²) in [4.78, 5) is 20.5. The van der Waals surface area contributed by atoms with Crippen LogP contribution < -0.4 is 5.73 Å². The number of nitrogens with zero attached hydrogens (tertiary/aromatic N) is 3. The summed E-state index contributed by atoms with van der Waals surface area (Å²) in [5.41, 5.74) is 6.92. The van der Waals surface area contributed by atoms with Gasteiger partial charge in [-0.1, -0.05) is 6.07 Å². The molecule has 1 aromatic rings. The van der Waals surface area contributed by atoms with Crippen molar-refractivity contribution in [3.63, 3.8) is 0 Å². The topological polar surface area (TPSA) is 62.5 Å². The molecule has 110 valence electrons. The van der Waals surface area contributed by atoms with Crippen molar-refractivity contribution in [1.82, 2.24) is 14.8 Å². The first-order valence-electron chi connectivity index (χ1n) is 7.30. The van der Waals surface area contributed by atoms with Crippen LogP contribution in [0.15, 0.2) is 24.5 Å². The molecule has 5 heteroatoms. The molecule has 1 saturated heterocycles. The Kier molecular flexibility index (Phi) is 5.49. The van der Waals surface area contributed by atoms with Gasteiger partial charge in [0.15, 0.2) is 0 Å². The first-order valence-corrected chi connectivity index (χ1v) is 7.30. The van der Waals surface area contributed by atoms with Crippen LogP contribution in [0.4, 0.5) is 0 Å². The van der Waals surface area contributed by atoms with Crippen molar-refractivity contribution in [2.75, 3.05) is 26.2 Å². The van der Waals surface area contributed by atoms with Crippen LogP contribution in [0.1, 0.15) is 25.3 Å². The highest BCUT2D eigenvalue weighted by Crippen LogP contribution is 2.09. The van der Waals surface area contributed by atoms with Gasteiger partial charge in [0.25, 0.3) is 0 Å². The van der Waals surface area contributed by atoms with E-state index < -0.39 is 0 Å². The summed E-state index contributed by atoms with van der Waals surface area (Å²) in [5.74, 6) is 0.239. The number of aromatic nitrogens is 1. The molecule has 1 atom stereocenters. The highest BCUT2D eigenvalue weighted by molar-refractivity contribution is 5.76. The Morgan fingerprint density at radius 2 is 2.15 bits per heavy atom. The minimum atomic E-state index is 0.103. The summed E-state index contributed by atoms with van der Waals surface area (Å²) < 4.78 is 0. The fraction of sp³-hybridized carbons (Fsp3) is 0.600. The molecular weight excluding hydrogens is 252 g/mol. The third kappa shape index (κ3) is 4.58. The van der Waals surface area contributed by atoms with Crippen LogP contribution in [0.5, 0.6) is 0 Å². The summed E-state index contributed by atoms with van der Waals surface area (Å²) in [6.07, 6.45) is 5.04. The predicted octanol–water partition coefficient (Wildman–Crippen LogP) is 0.853. The van der Waals surface area contributed by atoms with Crippen molar-refractivity contribution in [3.8, 4) is 0 Å². The van der Waals surface area contributed by atoms with Gasteiger partial charge in [-0.15, -0.1) is 0 Å². The molecule has 1 aromatic heterocycles. The highest BCUT2D eigenvalue weighted by atomic mass is 16.2. The Balaban J connectivity index is 1.73. The van der Waals surface area contributed by atoms with E-state index in [4.69, 9.17) is 5.73 Å². The molecule has 5 nitrogen and oxygen atoms in total. The average molecular weight is 276 g/mol. The molecule has 0 spiro atoms. The van der Waals surface area contributed by atoms with Gasteiger partial charge < -0.3 is 10.6 Å². The largest absolute Gasteiger partial charge is 0.340 e. The van der Waals surface area contributed by atoms with Gasteiger partial charge in [0.2, 0.25) is 5.91 Å². The van der Waals surface area contributed by atoms with E-state index in [0.29, 0.717) is 6.42 Å². The van der Waals surface area contributed by atoms with Gasteiger partial charge >= 0.3 is 0 Å². The number of carbonyl (C=O) groups is 1. The van der Waals surface area contributed by atoms with E-state index in [1.165, 1.54) is 5.56 Å². The number of amides is 1. The molecule has 20 heavy (non-hydrogen) atoms. The number of hydrogen-bond acceptors (Lipinski definition) is 4. The summed E-state index contributed by atoms with van der Waals surface area (Å²) in [7, 11) is 0. The van der Waals surface area contributed by atoms with Gasteiger partial charge in [0, 0.05) is 57.6 Å².